The van der Waals surface area contributed by atoms with E-state index < -0.39 is 10.8 Å². The number of nitrogens with zero attached hydrogens (tertiary/aromatic N) is 2. The van der Waals surface area contributed by atoms with Gasteiger partial charge in [-0.15, -0.1) is 0 Å². The van der Waals surface area contributed by atoms with Crippen LogP contribution in [-0.4, -0.2) is 21.6 Å². The lowest BCUT2D eigenvalue weighted by Gasteiger charge is -2.08. The van der Waals surface area contributed by atoms with Crippen LogP contribution in [0.4, 0.5) is 5.69 Å². The number of halogens is 1. The molecule has 0 bridgehead atoms. The van der Waals surface area contributed by atoms with Crippen molar-refractivity contribution in [2.45, 2.75) is 20.4 Å². The standard InChI is InChI=1S/C16H14ClN3O4/c1-9-13(10(2)21)5-4-12(19-9)8-18-16(22)11-3-6-15(20(23)24)14(17)7-11/h3-7H,8H2,1-2H3,(H,18,22). The van der Waals surface area contributed by atoms with E-state index in [4.69, 9.17) is 11.6 Å². The molecule has 0 saturated heterocycles. The van der Waals surface area contributed by atoms with E-state index in [0.29, 0.717) is 17.0 Å². The zero-order valence-corrected chi connectivity index (χ0v) is 13.8. The third-order valence-corrected chi connectivity index (χ3v) is 3.66. The SMILES string of the molecule is CC(=O)c1ccc(CNC(=O)c2ccc([N+](=O)[O-])c(Cl)c2)nc1C. The number of aromatic nitrogens is 1. The van der Waals surface area contributed by atoms with Gasteiger partial charge in [0.15, 0.2) is 5.78 Å². The Labute approximate surface area is 142 Å². The van der Waals surface area contributed by atoms with Crippen molar-refractivity contribution >= 4 is 29.0 Å². The van der Waals surface area contributed by atoms with Gasteiger partial charge in [-0.25, -0.2) is 0 Å². The van der Waals surface area contributed by atoms with Crippen molar-refractivity contribution in [3.8, 4) is 0 Å². The second kappa shape index (κ2) is 7.18. The Morgan fingerprint density at radius 3 is 2.54 bits per heavy atom. The summed E-state index contributed by atoms with van der Waals surface area (Å²) in [5.74, 6) is -0.502. The molecule has 24 heavy (non-hydrogen) atoms. The minimum Gasteiger partial charge on any atom is -0.346 e. The van der Waals surface area contributed by atoms with E-state index >= 15 is 0 Å². The topological polar surface area (TPSA) is 102 Å². The Bertz CT molecular complexity index is 836. The van der Waals surface area contributed by atoms with Crippen LogP contribution < -0.4 is 5.32 Å². The van der Waals surface area contributed by atoms with Crippen molar-refractivity contribution in [3.05, 3.63) is 68.0 Å². The lowest BCUT2D eigenvalue weighted by atomic mass is 10.1. The van der Waals surface area contributed by atoms with Crippen LogP contribution in [0.1, 0.15) is 39.0 Å². The third kappa shape index (κ3) is 3.94. The minimum atomic E-state index is -0.618. The van der Waals surface area contributed by atoms with Gasteiger partial charge in [-0.2, -0.15) is 0 Å². The fourth-order valence-corrected chi connectivity index (χ4v) is 2.40. The Hall–Kier alpha value is -2.80. The average molecular weight is 348 g/mol. The van der Waals surface area contributed by atoms with Gasteiger partial charge in [0.2, 0.25) is 0 Å². The van der Waals surface area contributed by atoms with Crippen LogP contribution in [0.25, 0.3) is 0 Å². The quantitative estimate of drug-likeness (QED) is 0.508. The molecule has 0 radical (unpaired) electrons. The first kappa shape index (κ1) is 17.6. The number of benzene rings is 1. The molecule has 0 saturated carbocycles. The monoisotopic (exact) mass is 347 g/mol. The molecule has 124 valence electrons. The lowest BCUT2D eigenvalue weighted by molar-refractivity contribution is -0.384. The van der Waals surface area contributed by atoms with E-state index in [-0.39, 0.29) is 28.6 Å². The van der Waals surface area contributed by atoms with Gasteiger partial charge in [-0.3, -0.25) is 24.7 Å². The van der Waals surface area contributed by atoms with Crippen LogP contribution in [0.5, 0.6) is 0 Å². The summed E-state index contributed by atoms with van der Waals surface area (Å²) in [6, 6.07) is 7.08. The summed E-state index contributed by atoms with van der Waals surface area (Å²) in [5, 5.41) is 13.3. The molecule has 1 heterocycles. The van der Waals surface area contributed by atoms with Crippen LogP contribution in [0.2, 0.25) is 5.02 Å². The average Bonchev–Trinajstić information content (AvgIpc) is 2.51. The number of rotatable bonds is 5. The van der Waals surface area contributed by atoms with Gasteiger partial charge in [-0.05, 0) is 38.1 Å². The number of hydrogen-bond donors (Lipinski definition) is 1. The maximum absolute atomic E-state index is 12.1. The molecule has 8 heteroatoms. The van der Waals surface area contributed by atoms with E-state index in [1.165, 1.54) is 25.1 Å². The number of nitrogens with one attached hydrogen (secondary N) is 1. The van der Waals surface area contributed by atoms with E-state index in [2.05, 4.69) is 10.3 Å². The first-order valence-electron chi connectivity index (χ1n) is 6.99. The summed E-state index contributed by atoms with van der Waals surface area (Å²) in [7, 11) is 0. The molecule has 0 spiro atoms. The molecule has 0 aliphatic heterocycles. The van der Waals surface area contributed by atoms with Crippen LogP contribution in [0, 0.1) is 17.0 Å². The third-order valence-electron chi connectivity index (χ3n) is 3.36. The van der Waals surface area contributed by atoms with Crippen molar-refractivity contribution in [1.82, 2.24) is 10.3 Å². The highest BCUT2D eigenvalue weighted by atomic mass is 35.5. The highest BCUT2D eigenvalue weighted by Crippen LogP contribution is 2.24. The van der Waals surface area contributed by atoms with Gasteiger partial charge >= 0.3 is 0 Å². The van der Waals surface area contributed by atoms with Gasteiger partial charge in [0, 0.05) is 22.9 Å². The van der Waals surface area contributed by atoms with Gasteiger partial charge in [0.05, 0.1) is 17.2 Å². The first-order chi connectivity index (χ1) is 11.3. The summed E-state index contributed by atoms with van der Waals surface area (Å²) in [5.41, 5.74) is 1.67. The molecule has 2 rings (SSSR count). The molecular formula is C16H14ClN3O4. The van der Waals surface area contributed by atoms with Gasteiger partial charge in [0.25, 0.3) is 11.6 Å². The molecule has 1 N–H and O–H groups in total. The second-order valence-electron chi connectivity index (χ2n) is 5.10. The Morgan fingerprint density at radius 1 is 1.29 bits per heavy atom. The zero-order chi connectivity index (χ0) is 17.9. The predicted molar refractivity (Wildman–Crippen MR) is 88.3 cm³/mol. The molecule has 2 aromatic rings. The molecule has 0 aliphatic carbocycles. The second-order valence-corrected chi connectivity index (χ2v) is 5.50. The number of amides is 1. The summed E-state index contributed by atoms with van der Waals surface area (Å²) < 4.78 is 0. The van der Waals surface area contributed by atoms with E-state index in [1.807, 2.05) is 0 Å². The molecule has 1 amide bonds. The molecule has 1 aromatic heterocycles. The minimum absolute atomic E-state index is 0.0730. The number of pyridine rings is 1. The van der Waals surface area contributed by atoms with Gasteiger partial charge < -0.3 is 5.32 Å². The Kier molecular flexibility index (Phi) is 5.25. The highest BCUT2D eigenvalue weighted by molar-refractivity contribution is 6.33. The predicted octanol–water partition coefficient (Wildman–Crippen LogP) is 3.08. The summed E-state index contributed by atoms with van der Waals surface area (Å²) in [6.45, 7) is 3.34. The van der Waals surface area contributed by atoms with Crippen molar-refractivity contribution in [2.24, 2.45) is 0 Å². The molecule has 0 unspecified atom stereocenters. The number of aryl methyl sites for hydroxylation is 1. The number of Topliss-reactive ketones (excluding diaryl/α,β-unsaturated/α-hetero) is 1. The molecule has 0 atom stereocenters. The molecule has 1 aromatic carbocycles. The summed E-state index contributed by atoms with van der Waals surface area (Å²) >= 11 is 5.79. The number of nitro groups is 1. The molecule has 0 fully saturated rings. The maximum Gasteiger partial charge on any atom is 0.287 e. The fraction of sp³-hybridized carbons (Fsp3) is 0.188. The van der Waals surface area contributed by atoms with E-state index in [1.54, 1.807) is 19.1 Å². The van der Waals surface area contributed by atoms with Crippen molar-refractivity contribution in [2.75, 3.05) is 0 Å². The molecule has 0 aliphatic rings. The van der Waals surface area contributed by atoms with E-state index in [0.717, 1.165) is 0 Å². The van der Waals surface area contributed by atoms with Gasteiger partial charge in [-0.1, -0.05) is 11.6 Å². The van der Waals surface area contributed by atoms with Crippen molar-refractivity contribution < 1.29 is 14.5 Å². The first-order valence-corrected chi connectivity index (χ1v) is 7.37. The maximum atomic E-state index is 12.1. The van der Waals surface area contributed by atoms with Crippen LogP contribution in [0.3, 0.4) is 0 Å². The van der Waals surface area contributed by atoms with Crippen LogP contribution in [0.15, 0.2) is 30.3 Å². The highest BCUT2D eigenvalue weighted by Gasteiger charge is 2.15. The summed E-state index contributed by atoms with van der Waals surface area (Å²) in [4.78, 5) is 37.8. The fourth-order valence-electron chi connectivity index (χ4n) is 2.15. The lowest BCUT2D eigenvalue weighted by Crippen LogP contribution is -2.23. The van der Waals surface area contributed by atoms with Gasteiger partial charge in [0.1, 0.15) is 5.02 Å². The largest absolute Gasteiger partial charge is 0.346 e. The van der Waals surface area contributed by atoms with E-state index in [9.17, 15) is 19.7 Å². The Morgan fingerprint density at radius 2 is 2.00 bits per heavy atom. The zero-order valence-electron chi connectivity index (χ0n) is 13.0. The van der Waals surface area contributed by atoms with Crippen LogP contribution >= 0.6 is 11.6 Å². The van der Waals surface area contributed by atoms with Crippen LogP contribution in [-0.2, 0) is 6.54 Å². The number of hydrogen-bond acceptors (Lipinski definition) is 5. The van der Waals surface area contributed by atoms with Crippen molar-refractivity contribution in [1.29, 1.82) is 0 Å². The number of nitro benzene ring substituents is 1. The normalized spacial score (nSPS) is 10.3. The Balaban J connectivity index is 2.08. The number of ketones is 1. The van der Waals surface area contributed by atoms with Crippen molar-refractivity contribution in [3.63, 3.8) is 0 Å². The number of carbonyl (C=O) groups is 2. The smallest absolute Gasteiger partial charge is 0.287 e. The molecular weight excluding hydrogens is 334 g/mol. The number of carbonyl (C=O) groups excluding carboxylic acids is 2. The molecule has 7 nitrogen and oxygen atoms in total. The summed E-state index contributed by atoms with van der Waals surface area (Å²) in [6.07, 6.45) is 0.